The molecule has 0 radical (unpaired) electrons. The van der Waals surface area contributed by atoms with Crippen LogP contribution in [0.25, 0.3) is 32.3 Å². The maximum absolute atomic E-state index is 13.2. The van der Waals surface area contributed by atoms with Gasteiger partial charge in [-0.25, -0.2) is 0 Å². The van der Waals surface area contributed by atoms with Gasteiger partial charge < -0.3 is 21.3 Å². The number of nitrogens with zero attached hydrogens (tertiary/aromatic N) is 1. The number of carbonyl (C=O) groups is 1. The maximum Gasteiger partial charge on any atom is 0.251 e. The molecule has 0 spiro atoms. The molecule has 1 fully saturated rings. The molecule has 172 valence electrons. The molecule has 0 atom stereocenters. The van der Waals surface area contributed by atoms with Gasteiger partial charge >= 0.3 is 0 Å². The zero-order valence-electron chi connectivity index (χ0n) is 19.1. The number of benzene rings is 4. The molecule has 0 aliphatic carbocycles. The number of amides is 1. The molecule has 6 heteroatoms. The Morgan fingerprint density at radius 2 is 1.30 bits per heavy atom. The predicted octanol–water partition coefficient (Wildman–Crippen LogP) is 2.40. The molecule has 1 heterocycles. The summed E-state index contributed by atoms with van der Waals surface area (Å²) in [4.78, 5) is 15.6. The third-order valence-corrected chi connectivity index (χ3v) is 6.65. The van der Waals surface area contributed by atoms with E-state index in [9.17, 15) is 4.79 Å². The molecule has 4 N–H and O–H groups in total. The zero-order chi connectivity index (χ0) is 22.5. The Hall–Kier alpha value is -2.77. The van der Waals surface area contributed by atoms with E-state index < -0.39 is 0 Å². The first-order chi connectivity index (χ1) is 16.3. The van der Waals surface area contributed by atoms with Crippen molar-refractivity contribution < 1.29 is 4.79 Å². The minimum Gasteiger partial charge on any atom is -0.351 e. The topological polar surface area (TPSA) is 68.4 Å². The number of hydrogen-bond donors (Lipinski definition) is 4. The van der Waals surface area contributed by atoms with E-state index in [1.807, 2.05) is 6.07 Å². The maximum atomic E-state index is 13.2. The molecule has 0 saturated carbocycles. The zero-order valence-corrected chi connectivity index (χ0v) is 19.1. The van der Waals surface area contributed by atoms with Crippen molar-refractivity contribution in [3.63, 3.8) is 0 Å². The van der Waals surface area contributed by atoms with Gasteiger partial charge in [0.25, 0.3) is 5.91 Å². The van der Waals surface area contributed by atoms with Crippen LogP contribution in [0, 0.1) is 0 Å². The van der Waals surface area contributed by atoms with Gasteiger partial charge in [-0.05, 0) is 38.4 Å². The van der Waals surface area contributed by atoms with Gasteiger partial charge in [0.15, 0.2) is 0 Å². The van der Waals surface area contributed by atoms with Gasteiger partial charge in [0.05, 0.1) is 0 Å². The van der Waals surface area contributed by atoms with Gasteiger partial charge in [-0.1, -0.05) is 48.5 Å². The number of rotatable bonds is 4. The molecule has 33 heavy (non-hydrogen) atoms. The van der Waals surface area contributed by atoms with E-state index in [4.69, 9.17) is 0 Å². The van der Waals surface area contributed by atoms with E-state index in [2.05, 4.69) is 74.7 Å². The summed E-state index contributed by atoms with van der Waals surface area (Å²) in [5.74, 6) is 0.00427. The fourth-order valence-corrected chi connectivity index (χ4v) is 4.89. The second-order valence-corrected chi connectivity index (χ2v) is 8.82. The lowest BCUT2D eigenvalue weighted by Gasteiger charge is -2.24. The fourth-order valence-electron chi connectivity index (χ4n) is 4.89. The Balaban J connectivity index is 1.28. The standard InChI is InChI=1S/C27H33N5O/c33-27(31-16-19-32-17-14-29-12-10-28-11-13-30-15-18-32)24-9-7-22-5-4-20-2-1-3-21-6-8-23(24)26(22)25(20)21/h1-9,28-30H,10-19H2,(H,31,33). The lowest BCUT2D eigenvalue weighted by Crippen LogP contribution is -2.44. The van der Waals surface area contributed by atoms with Gasteiger partial charge in [-0.15, -0.1) is 0 Å². The average Bonchev–Trinajstić information content (AvgIpc) is 2.84. The van der Waals surface area contributed by atoms with Crippen molar-refractivity contribution in [1.82, 2.24) is 26.2 Å². The molecule has 4 aromatic rings. The van der Waals surface area contributed by atoms with Crippen molar-refractivity contribution in [2.45, 2.75) is 0 Å². The SMILES string of the molecule is O=C(NCCN1CCNCCNCCNCC1)c1ccc2ccc3cccc4ccc1c2c34. The summed E-state index contributed by atoms with van der Waals surface area (Å²) in [5.41, 5.74) is 0.755. The molecular weight excluding hydrogens is 410 g/mol. The Bertz CT molecular complexity index is 1200. The fraction of sp³-hybridized carbons (Fsp3) is 0.370. The lowest BCUT2D eigenvalue weighted by atomic mass is 9.92. The van der Waals surface area contributed by atoms with E-state index >= 15 is 0 Å². The van der Waals surface area contributed by atoms with E-state index in [1.54, 1.807) is 0 Å². The molecule has 1 amide bonds. The first kappa shape index (κ1) is 22.0. The molecular formula is C27H33N5O. The lowest BCUT2D eigenvalue weighted by molar-refractivity contribution is 0.0950. The molecule has 1 saturated heterocycles. The Morgan fingerprint density at radius 1 is 0.727 bits per heavy atom. The van der Waals surface area contributed by atoms with Crippen LogP contribution in [0.5, 0.6) is 0 Å². The summed E-state index contributed by atoms with van der Waals surface area (Å²) < 4.78 is 0. The highest BCUT2D eigenvalue weighted by Gasteiger charge is 2.15. The Kier molecular flexibility index (Phi) is 6.98. The van der Waals surface area contributed by atoms with Gasteiger partial charge in [0.2, 0.25) is 0 Å². The van der Waals surface area contributed by atoms with Crippen LogP contribution >= 0.6 is 0 Å². The number of carbonyl (C=O) groups excluding carboxylic acids is 1. The minimum absolute atomic E-state index is 0.00427. The second kappa shape index (κ2) is 10.4. The molecule has 6 nitrogen and oxygen atoms in total. The normalized spacial score (nSPS) is 17.2. The molecule has 5 rings (SSSR count). The largest absolute Gasteiger partial charge is 0.351 e. The monoisotopic (exact) mass is 443 g/mol. The molecule has 0 unspecified atom stereocenters. The first-order valence-electron chi connectivity index (χ1n) is 12.1. The van der Waals surface area contributed by atoms with Crippen LogP contribution in [-0.2, 0) is 0 Å². The Labute approximate surface area is 195 Å². The van der Waals surface area contributed by atoms with Crippen LogP contribution in [0.1, 0.15) is 10.4 Å². The van der Waals surface area contributed by atoms with Gasteiger partial charge in [0, 0.05) is 71.0 Å². The molecule has 0 aromatic heterocycles. The van der Waals surface area contributed by atoms with Crippen molar-refractivity contribution >= 4 is 38.2 Å². The van der Waals surface area contributed by atoms with Crippen LogP contribution in [-0.4, -0.2) is 76.3 Å². The summed E-state index contributed by atoms with van der Waals surface area (Å²) in [7, 11) is 0. The number of hydrogen-bond acceptors (Lipinski definition) is 5. The van der Waals surface area contributed by atoms with Crippen LogP contribution in [0.15, 0.2) is 54.6 Å². The molecule has 1 aliphatic rings. The first-order valence-corrected chi connectivity index (χ1v) is 12.1. The summed E-state index contributed by atoms with van der Waals surface area (Å²) in [6.45, 7) is 9.34. The van der Waals surface area contributed by atoms with Crippen LogP contribution in [0.3, 0.4) is 0 Å². The molecule has 0 bridgehead atoms. The second-order valence-electron chi connectivity index (χ2n) is 8.82. The van der Waals surface area contributed by atoms with E-state index in [0.717, 1.165) is 69.9 Å². The van der Waals surface area contributed by atoms with Crippen molar-refractivity contribution in [3.05, 3.63) is 60.2 Å². The van der Waals surface area contributed by atoms with Crippen LogP contribution in [0.4, 0.5) is 0 Å². The highest BCUT2D eigenvalue weighted by atomic mass is 16.1. The van der Waals surface area contributed by atoms with Crippen LogP contribution < -0.4 is 21.3 Å². The van der Waals surface area contributed by atoms with Crippen LogP contribution in [0.2, 0.25) is 0 Å². The predicted molar refractivity (Wildman–Crippen MR) is 138 cm³/mol. The summed E-state index contributed by atoms with van der Waals surface area (Å²) >= 11 is 0. The smallest absolute Gasteiger partial charge is 0.251 e. The van der Waals surface area contributed by atoms with E-state index in [0.29, 0.717) is 6.54 Å². The van der Waals surface area contributed by atoms with E-state index in [-0.39, 0.29) is 5.91 Å². The van der Waals surface area contributed by atoms with Gasteiger partial charge in [0.1, 0.15) is 0 Å². The minimum atomic E-state index is 0.00427. The quantitative estimate of drug-likeness (QED) is 0.365. The average molecular weight is 444 g/mol. The van der Waals surface area contributed by atoms with Crippen molar-refractivity contribution in [2.24, 2.45) is 0 Å². The third-order valence-electron chi connectivity index (χ3n) is 6.65. The summed E-state index contributed by atoms with van der Waals surface area (Å²) in [5, 5.41) is 20.7. The summed E-state index contributed by atoms with van der Waals surface area (Å²) in [6, 6.07) is 19.0. The van der Waals surface area contributed by atoms with Crippen molar-refractivity contribution in [1.29, 1.82) is 0 Å². The molecule has 4 aromatic carbocycles. The third kappa shape index (κ3) is 4.94. The number of nitrogens with one attached hydrogen (secondary N) is 4. The highest BCUT2D eigenvalue weighted by Crippen LogP contribution is 2.35. The van der Waals surface area contributed by atoms with E-state index in [1.165, 1.54) is 26.9 Å². The molecule has 1 aliphatic heterocycles. The Morgan fingerprint density at radius 3 is 2.00 bits per heavy atom. The van der Waals surface area contributed by atoms with Crippen molar-refractivity contribution in [2.75, 3.05) is 65.4 Å². The highest BCUT2D eigenvalue weighted by molar-refractivity contribution is 6.26. The van der Waals surface area contributed by atoms with Gasteiger partial charge in [-0.2, -0.15) is 0 Å². The summed E-state index contributed by atoms with van der Waals surface area (Å²) in [6.07, 6.45) is 0. The van der Waals surface area contributed by atoms with Crippen molar-refractivity contribution in [3.8, 4) is 0 Å². The van der Waals surface area contributed by atoms with Gasteiger partial charge in [-0.3, -0.25) is 9.69 Å².